The molecule has 1 atom stereocenters. The first-order chi connectivity index (χ1) is 13.5. The highest BCUT2D eigenvalue weighted by Gasteiger charge is 2.29. The summed E-state index contributed by atoms with van der Waals surface area (Å²) in [7, 11) is 5.49. The van der Waals surface area contributed by atoms with Crippen molar-refractivity contribution in [2.75, 3.05) is 27.7 Å². The van der Waals surface area contributed by atoms with Gasteiger partial charge in [-0.1, -0.05) is 24.3 Å². The molecule has 0 heterocycles. The Morgan fingerprint density at radius 1 is 1.14 bits per heavy atom. The highest BCUT2D eigenvalue weighted by atomic mass is 16.6. The first-order valence-corrected chi connectivity index (χ1v) is 9.32. The van der Waals surface area contributed by atoms with Crippen molar-refractivity contribution in [1.82, 2.24) is 4.90 Å². The van der Waals surface area contributed by atoms with Crippen molar-refractivity contribution in [2.24, 2.45) is 5.92 Å². The lowest BCUT2D eigenvalue weighted by Gasteiger charge is -2.13. The Kier molecular flexibility index (Phi) is 6.26. The summed E-state index contributed by atoms with van der Waals surface area (Å²) in [6, 6.07) is 14.1. The number of methoxy groups -OCH3 is 1. The second kappa shape index (κ2) is 8.85. The number of Topliss-reactive ketones (excluding diaryl/α,β-unsaturated/α-hetero) is 1. The fourth-order valence-electron chi connectivity index (χ4n) is 3.40. The number of ketones is 1. The van der Waals surface area contributed by atoms with Crippen molar-refractivity contribution in [3.63, 3.8) is 0 Å². The summed E-state index contributed by atoms with van der Waals surface area (Å²) >= 11 is 0. The number of hydrogen-bond donors (Lipinski definition) is 0. The van der Waals surface area contributed by atoms with Crippen LogP contribution in [-0.4, -0.2) is 44.4 Å². The average molecular weight is 379 g/mol. The number of rotatable bonds is 6. The number of hydrogen-bond acceptors (Lipinski definition) is 5. The minimum absolute atomic E-state index is 0.0641. The lowest BCUT2D eigenvalue weighted by molar-refractivity contribution is -0.118. The maximum Gasteiger partial charge on any atom is 0.343 e. The number of allylic oxidation sites excluding steroid dienone is 1. The van der Waals surface area contributed by atoms with E-state index in [-0.39, 0.29) is 11.7 Å². The van der Waals surface area contributed by atoms with Crippen LogP contribution in [0.25, 0.3) is 6.08 Å². The predicted octanol–water partition coefficient (Wildman–Crippen LogP) is 3.84. The van der Waals surface area contributed by atoms with Gasteiger partial charge in [0.1, 0.15) is 0 Å². The minimum atomic E-state index is -0.442. The van der Waals surface area contributed by atoms with Gasteiger partial charge < -0.3 is 14.4 Å². The molecule has 1 aliphatic rings. The first kappa shape index (κ1) is 19.8. The van der Waals surface area contributed by atoms with Crippen LogP contribution >= 0.6 is 0 Å². The first-order valence-electron chi connectivity index (χ1n) is 9.32. The van der Waals surface area contributed by atoms with E-state index in [1.54, 1.807) is 36.4 Å². The van der Waals surface area contributed by atoms with Crippen molar-refractivity contribution in [1.29, 1.82) is 0 Å². The van der Waals surface area contributed by atoms with Gasteiger partial charge in [-0.15, -0.1) is 0 Å². The molecule has 2 aromatic rings. The van der Waals surface area contributed by atoms with Crippen molar-refractivity contribution in [3.8, 4) is 11.5 Å². The van der Waals surface area contributed by atoms with Gasteiger partial charge in [0.25, 0.3) is 0 Å². The normalized spacial score (nSPS) is 17.9. The van der Waals surface area contributed by atoms with E-state index in [0.717, 1.165) is 30.5 Å². The molecule has 146 valence electrons. The second-order valence-electron chi connectivity index (χ2n) is 7.20. The summed E-state index contributed by atoms with van der Waals surface area (Å²) < 4.78 is 10.9. The molecule has 0 aromatic heterocycles. The molecular weight excluding hydrogens is 354 g/mol. The summed E-state index contributed by atoms with van der Waals surface area (Å²) in [4.78, 5) is 26.9. The van der Waals surface area contributed by atoms with Gasteiger partial charge in [0, 0.05) is 12.5 Å². The van der Waals surface area contributed by atoms with E-state index in [0.29, 0.717) is 17.1 Å². The summed E-state index contributed by atoms with van der Waals surface area (Å²) in [6.45, 7) is 0.772. The molecule has 1 saturated carbocycles. The van der Waals surface area contributed by atoms with Crippen molar-refractivity contribution in [2.45, 2.75) is 12.8 Å². The number of benzene rings is 2. The lowest BCUT2D eigenvalue weighted by atomic mass is 10.0. The van der Waals surface area contributed by atoms with Crippen LogP contribution in [0.3, 0.4) is 0 Å². The van der Waals surface area contributed by atoms with Crippen molar-refractivity contribution in [3.05, 3.63) is 65.2 Å². The molecule has 2 aromatic carbocycles. The summed E-state index contributed by atoms with van der Waals surface area (Å²) in [5, 5.41) is 0. The highest BCUT2D eigenvalue weighted by molar-refractivity contribution is 6.03. The van der Waals surface area contributed by atoms with Gasteiger partial charge in [0.05, 0.1) is 12.7 Å². The van der Waals surface area contributed by atoms with Crippen LogP contribution in [0.2, 0.25) is 0 Å². The van der Waals surface area contributed by atoms with Gasteiger partial charge in [0.15, 0.2) is 17.3 Å². The topological polar surface area (TPSA) is 55.8 Å². The van der Waals surface area contributed by atoms with E-state index >= 15 is 0 Å². The Morgan fingerprint density at radius 3 is 2.57 bits per heavy atom. The molecule has 0 aliphatic heterocycles. The van der Waals surface area contributed by atoms with Crippen molar-refractivity contribution < 1.29 is 19.1 Å². The number of ether oxygens (including phenoxy) is 2. The number of carbonyl (C=O) groups excluding carboxylic acids is 2. The van der Waals surface area contributed by atoms with E-state index in [1.807, 2.05) is 37.2 Å². The number of esters is 1. The lowest BCUT2D eigenvalue weighted by Crippen LogP contribution is -2.24. The molecule has 0 saturated heterocycles. The summed E-state index contributed by atoms with van der Waals surface area (Å²) in [6.07, 6.45) is 3.57. The molecule has 1 aliphatic carbocycles. The van der Waals surface area contributed by atoms with Crippen LogP contribution in [0.5, 0.6) is 11.5 Å². The van der Waals surface area contributed by atoms with Gasteiger partial charge in [-0.05, 0) is 68.4 Å². The monoisotopic (exact) mass is 379 g/mol. The van der Waals surface area contributed by atoms with Gasteiger partial charge in [-0.3, -0.25) is 4.79 Å². The zero-order valence-electron chi connectivity index (χ0n) is 16.5. The maximum atomic E-state index is 12.6. The minimum Gasteiger partial charge on any atom is -0.493 e. The fraction of sp³-hybridized carbons (Fsp3) is 0.304. The largest absolute Gasteiger partial charge is 0.493 e. The van der Waals surface area contributed by atoms with Crippen LogP contribution in [0, 0.1) is 5.92 Å². The van der Waals surface area contributed by atoms with E-state index in [9.17, 15) is 9.59 Å². The Labute approximate surface area is 165 Å². The quantitative estimate of drug-likeness (QED) is 0.434. The third-order valence-corrected chi connectivity index (χ3v) is 4.78. The number of carbonyl (C=O) groups is 2. The zero-order chi connectivity index (χ0) is 20.1. The molecule has 3 rings (SSSR count). The molecule has 0 bridgehead atoms. The average Bonchev–Trinajstić information content (AvgIpc) is 3.02. The van der Waals surface area contributed by atoms with Crippen LogP contribution < -0.4 is 9.47 Å². The van der Waals surface area contributed by atoms with E-state index < -0.39 is 5.97 Å². The van der Waals surface area contributed by atoms with E-state index in [1.165, 1.54) is 7.11 Å². The van der Waals surface area contributed by atoms with Crippen LogP contribution in [0.15, 0.2) is 54.1 Å². The smallest absolute Gasteiger partial charge is 0.343 e. The highest BCUT2D eigenvalue weighted by Crippen LogP contribution is 2.32. The van der Waals surface area contributed by atoms with Crippen LogP contribution in [0.1, 0.15) is 28.8 Å². The molecule has 0 amide bonds. The molecule has 1 fully saturated rings. The van der Waals surface area contributed by atoms with Gasteiger partial charge >= 0.3 is 5.97 Å². The molecule has 5 heteroatoms. The van der Waals surface area contributed by atoms with E-state index in [4.69, 9.17) is 9.47 Å². The summed E-state index contributed by atoms with van der Waals surface area (Å²) in [5.74, 6) is 0.639. The molecule has 0 spiro atoms. The second-order valence-corrected chi connectivity index (χ2v) is 7.20. The standard InChI is InChI=1S/C23H25NO4/c1-24(2)15-19-11-10-18(22(19)25)13-16-9-12-20(21(14-16)27-3)28-23(26)17-7-5-4-6-8-17/h4-9,12-14,19H,10-11,15H2,1-3H3/b18-13+. The third kappa shape index (κ3) is 4.67. The van der Waals surface area contributed by atoms with E-state index in [2.05, 4.69) is 0 Å². The van der Waals surface area contributed by atoms with Gasteiger partial charge in [0.2, 0.25) is 0 Å². The molecule has 1 unspecified atom stereocenters. The Balaban J connectivity index is 1.76. The molecule has 0 N–H and O–H groups in total. The third-order valence-electron chi connectivity index (χ3n) is 4.78. The van der Waals surface area contributed by atoms with Crippen LogP contribution in [0.4, 0.5) is 0 Å². The fourth-order valence-corrected chi connectivity index (χ4v) is 3.40. The molecule has 5 nitrogen and oxygen atoms in total. The Morgan fingerprint density at radius 2 is 1.89 bits per heavy atom. The van der Waals surface area contributed by atoms with Gasteiger partial charge in [-0.25, -0.2) is 4.79 Å². The maximum absolute atomic E-state index is 12.6. The molecule has 28 heavy (non-hydrogen) atoms. The number of nitrogens with zero attached hydrogens (tertiary/aromatic N) is 1. The Hall–Kier alpha value is -2.92. The summed E-state index contributed by atoms with van der Waals surface area (Å²) in [5.41, 5.74) is 2.16. The predicted molar refractivity (Wildman–Crippen MR) is 109 cm³/mol. The zero-order valence-corrected chi connectivity index (χ0v) is 16.5. The molecule has 0 radical (unpaired) electrons. The Bertz CT molecular complexity index is 887. The van der Waals surface area contributed by atoms with Crippen molar-refractivity contribution >= 4 is 17.8 Å². The SMILES string of the molecule is COc1cc(/C=C2\CCC(CN(C)C)C2=O)ccc1OC(=O)c1ccccc1. The van der Waals surface area contributed by atoms with Crippen LogP contribution in [-0.2, 0) is 4.79 Å². The van der Waals surface area contributed by atoms with Gasteiger partial charge in [-0.2, -0.15) is 0 Å². The molecular formula is C23H25NO4.